The van der Waals surface area contributed by atoms with Gasteiger partial charge in [0.15, 0.2) is 0 Å². The summed E-state index contributed by atoms with van der Waals surface area (Å²) < 4.78 is 19.6. The van der Waals surface area contributed by atoms with Crippen LogP contribution < -0.4 is 15.0 Å². The Morgan fingerprint density at radius 1 is 1.23 bits per heavy atom. The van der Waals surface area contributed by atoms with Gasteiger partial charge in [0, 0.05) is 42.8 Å². The Balaban J connectivity index is 1.45. The van der Waals surface area contributed by atoms with Gasteiger partial charge in [0.2, 0.25) is 0 Å². The smallest absolute Gasteiger partial charge is 0.322 e. The molecule has 1 N–H and O–H groups in total. The van der Waals surface area contributed by atoms with Gasteiger partial charge < -0.3 is 19.9 Å². The van der Waals surface area contributed by atoms with E-state index >= 15 is 0 Å². The van der Waals surface area contributed by atoms with Gasteiger partial charge in [0.05, 0.1) is 25.2 Å². The molecule has 2 aliphatic rings. The quantitative estimate of drug-likeness (QED) is 0.807. The highest BCUT2D eigenvalue weighted by atomic mass is 19.1. The summed E-state index contributed by atoms with van der Waals surface area (Å²) in [5.74, 6) is 0.877. The van der Waals surface area contributed by atoms with Crippen molar-refractivity contribution in [2.24, 2.45) is 0 Å². The van der Waals surface area contributed by atoms with Crippen LogP contribution in [0.4, 0.5) is 20.6 Å². The van der Waals surface area contributed by atoms with Crippen LogP contribution in [-0.4, -0.2) is 53.2 Å². The molecule has 0 spiro atoms. The Labute approximate surface area is 180 Å². The Morgan fingerprint density at radius 2 is 1.94 bits per heavy atom. The number of aromatic nitrogens is 2. The molecule has 4 rings (SSSR count). The van der Waals surface area contributed by atoms with Gasteiger partial charge in [-0.1, -0.05) is 0 Å². The summed E-state index contributed by atoms with van der Waals surface area (Å²) in [6.45, 7) is 4.89. The molecule has 1 saturated carbocycles. The largest absolute Gasteiger partial charge is 0.495 e. The van der Waals surface area contributed by atoms with E-state index in [0.717, 1.165) is 18.7 Å². The Hall–Kier alpha value is -3.41. The molecule has 0 bridgehead atoms. The number of nitrogens with one attached hydrogen (secondary N) is 1. The molecule has 2 heterocycles. The number of benzene rings is 1. The highest BCUT2D eigenvalue weighted by Gasteiger charge is 2.33. The fraction of sp³-hybridized carbons (Fsp3) is 0.455. The summed E-state index contributed by atoms with van der Waals surface area (Å²) in [7, 11) is 1.41. The first-order valence-electron chi connectivity index (χ1n) is 10.3. The highest BCUT2D eigenvalue weighted by Crippen LogP contribution is 2.37. The van der Waals surface area contributed by atoms with E-state index in [1.165, 1.54) is 13.2 Å². The van der Waals surface area contributed by atoms with Crippen LogP contribution in [0.1, 0.15) is 44.0 Å². The minimum absolute atomic E-state index is 0.0625. The zero-order chi connectivity index (χ0) is 22.1. The maximum atomic E-state index is 14.4. The van der Waals surface area contributed by atoms with Gasteiger partial charge >= 0.3 is 6.03 Å². The van der Waals surface area contributed by atoms with Crippen molar-refractivity contribution in [1.29, 1.82) is 5.26 Å². The minimum atomic E-state index is -0.619. The summed E-state index contributed by atoms with van der Waals surface area (Å²) in [5.41, 5.74) is 1.08. The summed E-state index contributed by atoms with van der Waals surface area (Å²) in [6.07, 6.45) is 5.55. The van der Waals surface area contributed by atoms with Crippen molar-refractivity contribution in [3.8, 4) is 11.8 Å². The molecule has 1 aromatic heterocycles. The average molecular weight is 424 g/mol. The number of ether oxygens (including phenoxy) is 1. The van der Waals surface area contributed by atoms with Crippen LogP contribution in [-0.2, 0) is 0 Å². The fourth-order valence-corrected chi connectivity index (χ4v) is 3.92. The van der Waals surface area contributed by atoms with Crippen LogP contribution in [0.15, 0.2) is 24.5 Å². The van der Waals surface area contributed by atoms with Gasteiger partial charge in [-0.2, -0.15) is 5.26 Å². The maximum Gasteiger partial charge on any atom is 0.322 e. The lowest BCUT2D eigenvalue weighted by molar-refractivity contribution is 0.173. The van der Waals surface area contributed by atoms with Crippen molar-refractivity contribution >= 4 is 17.4 Å². The molecule has 1 aliphatic carbocycles. The average Bonchev–Trinajstić information content (AvgIpc) is 3.60. The van der Waals surface area contributed by atoms with E-state index < -0.39 is 5.82 Å². The van der Waals surface area contributed by atoms with Crippen LogP contribution in [0.2, 0.25) is 0 Å². The number of urea groups is 1. The number of carbonyl (C=O) groups is 1. The molecule has 1 aliphatic heterocycles. The molecule has 1 aromatic carbocycles. The normalized spacial score (nSPS) is 20.9. The zero-order valence-electron chi connectivity index (χ0n) is 17.8. The van der Waals surface area contributed by atoms with Gasteiger partial charge in [-0.3, -0.25) is 0 Å². The van der Waals surface area contributed by atoms with Gasteiger partial charge in [0.1, 0.15) is 29.0 Å². The molecule has 0 unspecified atom stereocenters. The third-order valence-electron chi connectivity index (χ3n) is 5.81. The van der Waals surface area contributed by atoms with E-state index in [2.05, 4.69) is 15.3 Å². The molecule has 2 atom stereocenters. The van der Waals surface area contributed by atoms with E-state index in [1.54, 1.807) is 23.4 Å². The van der Waals surface area contributed by atoms with Crippen molar-refractivity contribution in [2.75, 3.05) is 30.4 Å². The number of rotatable bonds is 4. The van der Waals surface area contributed by atoms with E-state index in [-0.39, 0.29) is 29.4 Å². The summed E-state index contributed by atoms with van der Waals surface area (Å²) >= 11 is 0. The Bertz CT molecular complexity index is 1020. The van der Waals surface area contributed by atoms with Crippen LogP contribution in [0.25, 0.3) is 0 Å². The third kappa shape index (κ3) is 4.24. The number of carbonyl (C=O) groups excluding carboxylic acids is 1. The standard InChI is InChI=1S/C22H25FN6O2/c1-13-12-29(22(30)27-16-9-25-21(26-10-16)15-4-5-15)14(2)11-28(13)17-6-19(23)18(8-24)20(7-17)31-3/h6-7,9-10,13-15H,4-5,11-12H2,1-3H3,(H,27,30)/t13-,14+/m0/s1. The van der Waals surface area contributed by atoms with Crippen molar-refractivity contribution in [2.45, 2.75) is 44.7 Å². The number of nitriles is 1. The predicted octanol–water partition coefficient (Wildman–Crippen LogP) is 3.50. The van der Waals surface area contributed by atoms with Crippen LogP contribution in [0.5, 0.6) is 5.75 Å². The molecule has 2 aromatic rings. The molecule has 2 amide bonds. The lowest BCUT2D eigenvalue weighted by Crippen LogP contribution is -2.59. The molecule has 8 nitrogen and oxygen atoms in total. The molecular weight excluding hydrogens is 399 g/mol. The number of hydrogen-bond acceptors (Lipinski definition) is 6. The molecule has 0 radical (unpaired) electrons. The van der Waals surface area contributed by atoms with Crippen molar-refractivity contribution in [3.63, 3.8) is 0 Å². The van der Waals surface area contributed by atoms with Gasteiger partial charge in [-0.05, 0) is 32.8 Å². The van der Waals surface area contributed by atoms with Crippen molar-refractivity contribution < 1.29 is 13.9 Å². The maximum absolute atomic E-state index is 14.4. The summed E-state index contributed by atoms with van der Waals surface area (Å²) in [4.78, 5) is 25.3. The summed E-state index contributed by atoms with van der Waals surface area (Å²) in [6, 6.07) is 4.45. The first-order chi connectivity index (χ1) is 14.9. The fourth-order valence-electron chi connectivity index (χ4n) is 3.92. The lowest BCUT2D eigenvalue weighted by Gasteiger charge is -2.45. The van der Waals surface area contributed by atoms with Gasteiger partial charge in [-0.15, -0.1) is 0 Å². The molecule has 162 valence electrons. The first kappa shape index (κ1) is 20.8. The number of hydrogen-bond donors (Lipinski definition) is 1. The number of nitrogens with zero attached hydrogens (tertiary/aromatic N) is 5. The van der Waals surface area contributed by atoms with Crippen molar-refractivity contribution in [3.05, 3.63) is 41.7 Å². The zero-order valence-corrected chi connectivity index (χ0v) is 17.8. The number of methoxy groups -OCH3 is 1. The second-order valence-corrected chi connectivity index (χ2v) is 8.15. The SMILES string of the molecule is COc1cc(N2C[C@@H](C)N(C(=O)Nc3cnc(C4CC4)nc3)C[C@@H]2C)cc(F)c1C#N. The lowest BCUT2D eigenvalue weighted by atomic mass is 10.1. The van der Waals surface area contributed by atoms with Crippen molar-refractivity contribution in [1.82, 2.24) is 14.9 Å². The number of amides is 2. The number of anilines is 2. The number of halogens is 1. The first-order valence-corrected chi connectivity index (χ1v) is 10.3. The molecule has 31 heavy (non-hydrogen) atoms. The molecule has 9 heteroatoms. The van der Waals surface area contributed by atoms with E-state index in [4.69, 9.17) is 10.00 Å². The highest BCUT2D eigenvalue weighted by molar-refractivity contribution is 5.89. The number of piperazine rings is 1. The molecular formula is C22H25FN6O2. The topological polar surface area (TPSA) is 94.4 Å². The van der Waals surface area contributed by atoms with Crippen LogP contribution in [0, 0.1) is 17.1 Å². The molecule has 1 saturated heterocycles. The van der Waals surface area contributed by atoms with Crippen LogP contribution >= 0.6 is 0 Å². The monoisotopic (exact) mass is 424 g/mol. The third-order valence-corrected chi connectivity index (χ3v) is 5.81. The van der Waals surface area contributed by atoms with E-state index in [0.29, 0.717) is 30.4 Å². The second kappa shape index (κ2) is 8.38. The van der Waals surface area contributed by atoms with Gasteiger partial charge in [-0.25, -0.2) is 19.2 Å². The Morgan fingerprint density at radius 3 is 2.55 bits per heavy atom. The van der Waals surface area contributed by atoms with Gasteiger partial charge in [0.25, 0.3) is 0 Å². The van der Waals surface area contributed by atoms with Crippen LogP contribution in [0.3, 0.4) is 0 Å². The van der Waals surface area contributed by atoms with E-state index in [1.807, 2.05) is 24.8 Å². The second-order valence-electron chi connectivity index (χ2n) is 8.15. The Kier molecular flexibility index (Phi) is 5.63. The summed E-state index contributed by atoms with van der Waals surface area (Å²) in [5, 5.41) is 12.0. The van der Waals surface area contributed by atoms with E-state index in [9.17, 15) is 9.18 Å². The predicted molar refractivity (Wildman–Crippen MR) is 114 cm³/mol. The molecule has 2 fully saturated rings. The minimum Gasteiger partial charge on any atom is -0.495 e.